The number of nitrogens with zero attached hydrogens (tertiary/aromatic N) is 2. The highest BCUT2D eigenvalue weighted by atomic mass is 19.1. The molecule has 0 spiro atoms. The van der Waals surface area contributed by atoms with Crippen molar-refractivity contribution in [2.45, 2.75) is 19.6 Å². The van der Waals surface area contributed by atoms with Gasteiger partial charge in [0.1, 0.15) is 17.7 Å². The van der Waals surface area contributed by atoms with Crippen molar-refractivity contribution < 1.29 is 13.9 Å². The van der Waals surface area contributed by atoms with Gasteiger partial charge < -0.3 is 20.1 Å². The Kier molecular flexibility index (Phi) is 7.00. The predicted octanol–water partition coefficient (Wildman–Crippen LogP) is 2.36. The number of ether oxygens (including phenoxy) is 2. The summed E-state index contributed by atoms with van der Waals surface area (Å²) in [4.78, 5) is 8.34. The van der Waals surface area contributed by atoms with Crippen LogP contribution in [0.5, 0.6) is 11.6 Å². The molecule has 2 N–H and O–H groups in total. The highest BCUT2D eigenvalue weighted by Crippen LogP contribution is 2.13. The molecule has 0 fully saturated rings. The van der Waals surface area contributed by atoms with Crippen molar-refractivity contribution in [1.82, 2.24) is 15.6 Å². The summed E-state index contributed by atoms with van der Waals surface area (Å²) in [5, 5.41) is 6.39. The average molecular weight is 346 g/mol. The van der Waals surface area contributed by atoms with Crippen molar-refractivity contribution >= 4 is 5.96 Å². The van der Waals surface area contributed by atoms with E-state index in [0.29, 0.717) is 30.7 Å². The fraction of sp³-hybridized carbons (Fsp3) is 0.333. The highest BCUT2D eigenvalue weighted by molar-refractivity contribution is 5.79. The summed E-state index contributed by atoms with van der Waals surface area (Å²) in [5.74, 6) is 1.56. The van der Waals surface area contributed by atoms with E-state index in [2.05, 4.69) is 20.6 Å². The minimum absolute atomic E-state index is 0.114. The number of hydrogen-bond donors (Lipinski definition) is 2. The van der Waals surface area contributed by atoms with Crippen LogP contribution in [0.1, 0.15) is 12.5 Å². The van der Waals surface area contributed by atoms with Crippen LogP contribution in [0.2, 0.25) is 0 Å². The molecular formula is C18H23FN4O2. The zero-order valence-corrected chi connectivity index (χ0v) is 14.6. The molecular weight excluding hydrogens is 323 g/mol. The Morgan fingerprint density at radius 1 is 1.24 bits per heavy atom. The van der Waals surface area contributed by atoms with E-state index in [-0.39, 0.29) is 11.9 Å². The van der Waals surface area contributed by atoms with Gasteiger partial charge in [-0.2, -0.15) is 0 Å². The third kappa shape index (κ3) is 5.95. The average Bonchev–Trinajstić information content (AvgIpc) is 2.64. The molecule has 1 atom stereocenters. The van der Waals surface area contributed by atoms with Crippen LogP contribution in [0, 0.1) is 5.82 Å². The lowest BCUT2D eigenvalue weighted by atomic mass is 10.2. The first-order chi connectivity index (χ1) is 12.1. The van der Waals surface area contributed by atoms with Crippen molar-refractivity contribution in [3.63, 3.8) is 0 Å². The maximum Gasteiger partial charge on any atom is 0.218 e. The van der Waals surface area contributed by atoms with Gasteiger partial charge >= 0.3 is 0 Å². The van der Waals surface area contributed by atoms with Gasteiger partial charge in [-0.05, 0) is 37.3 Å². The van der Waals surface area contributed by atoms with Gasteiger partial charge in [0.05, 0.1) is 13.7 Å². The second-order valence-corrected chi connectivity index (χ2v) is 5.36. The first-order valence-corrected chi connectivity index (χ1v) is 7.97. The number of rotatable bonds is 7. The molecule has 7 heteroatoms. The summed E-state index contributed by atoms with van der Waals surface area (Å²) in [6, 6.07) is 9.75. The first kappa shape index (κ1) is 18.5. The topological polar surface area (TPSA) is 67.8 Å². The smallest absolute Gasteiger partial charge is 0.218 e. The quantitative estimate of drug-likeness (QED) is 0.595. The van der Waals surface area contributed by atoms with Crippen molar-refractivity contribution in [3.05, 3.63) is 54.0 Å². The molecule has 1 aromatic carbocycles. The van der Waals surface area contributed by atoms with Gasteiger partial charge in [0.15, 0.2) is 5.96 Å². The van der Waals surface area contributed by atoms with Gasteiger partial charge in [-0.1, -0.05) is 6.07 Å². The lowest BCUT2D eigenvalue weighted by Crippen LogP contribution is -2.41. The Hall–Kier alpha value is -2.83. The number of halogens is 1. The molecule has 134 valence electrons. The van der Waals surface area contributed by atoms with E-state index in [1.165, 1.54) is 12.1 Å². The minimum Gasteiger partial charge on any atom is -0.489 e. The molecule has 0 aliphatic carbocycles. The van der Waals surface area contributed by atoms with Crippen molar-refractivity contribution in [1.29, 1.82) is 0 Å². The Bertz CT molecular complexity index is 692. The molecule has 0 radical (unpaired) electrons. The van der Waals surface area contributed by atoms with Gasteiger partial charge in [0.2, 0.25) is 5.88 Å². The second kappa shape index (κ2) is 9.46. The van der Waals surface area contributed by atoms with Crippen LogP contribution >= 0.6 is 0 Å². The summed E-state index contributed by atoms with van der Waals surface area (Å²) in [5.41, 5.74) is 0.934. The van der Waals surface area contributed by atoms with Gasteiger partial charge in [-0.15, -0.1) is 0 Å². The summed E-state index contributed by atoms with van der Waals surface area (Å²) < 4.78 is 23.8. The summed E-state index contributed by atoms with van der Waals surface area (Å²) in [6.45, 7) is 3.00. The summed E-state index contributed by atoms with van der Waals surface area (Å²) in [7, 11) is 3.29. The monoisotopic (exact) mass is 346 g/mol. The molecule has 0 aliphatic heterocycles. The largest absolute Gasteiger partial charge is 0.489 e. The third-order valence-corrected chi connectivity index (χ3v) is 3.42. The molecule has 1 aromatic heterocycles. The van der Waals surface area contributed by atoms with Crippen LogP contribution in [-0.2, 0) is 6.54 Å². The maximum atomic E-state index is 12.9. The molecule has 0 saturated carbocycles. The number of hydrogen-bond acceptors (Lipinski definition) is 4. The molecule has 0 saturated heterocycles. The number of aromatic nitrogens is 1. The van der Waals surface area contributed by atoms with E-state index in [9.17, 15) is 4.39 Å². The number of pyridine rings is 1. The Balaban J connectivity index is 1.80. The number of guanidine groups is 1. The third-order valence-electron chi connectivity index (χ3n) is 3.42. The molecule has 0 bridgehead atoms. The zero-order valence-electron chi connectivity index (χ0n) is 14.6. The van der Waals surface area contributed by atoms with Gasteiger partial charge in [0, 0.05) is 25.4 Å². The van der Waals surface area contributed by atoms with Crippen molar-refractivity contribution in [2.75, 3.05) is 20.7 Å². The molecule has 0 amide bonds. The highest BCUT2D eigenvalue weighted by Gasteiger charge is 2.08. The first-order valence-electron chi connectivity index (χ1n) is 7.97. The molecule has 1 unspecified atom stereocenters. The Morgan fingerprint density at radius 3 is 2.68 bits per heavy atom. The van der Waals surface area contributed by atoms with Crippen LogP contribution in [0.4, 0.5) is 4.39 Å². The SMILES string of the molecule is CN=C(NCc1cccnc1OC)NCC(C)Oc1ccc(F)cc1. The predicted molar refractivity (Wildman–Crippen MR) is 95.5 cm³/mol. The van der Waals surface area contributed by atoms with Crippen molar-refractivity contribution in [2.24, 2.45) is 4.99 Å². The number of benzene rings is 1. The van der Waals surface area contributed by atoms with E-state index >= 15 is 0 Å². The molecule has 6 nitrogen and oxygen atoms in total. The van der Waals surface area contributed by atoms with Crippen LogP contribution < -0.4 is 20.1 Å². The lowest BCUT2D eigenvalue weighted by Gasteiger charge is -2.18. The number of nitrogens with one attached hydrogen (secondary N) is 2. The number of aliphatic imine (C=N–C) groups is 1. The molecule has 25 heavy (non-hydrogen) atoms. The second-order valence-electron chi connectivity index (χ2n) is 5.36. The molecule has 1 heterocycles. The Labute approximate surface area is 147 Å². The van der Waals surface area contributed by atoms with Crippen molar-refractivity contribution in [3.8, 4) is 11.6 Å². The number of methoxy groups -OCH3 is 1. The Morgan fingerprint density at radius 2 is 2.00 bits per heavy atom. The fourth-order valence-electron chi connectivity index (χ4n) is 2.17. The van der Waals surface area contributed by atoms with Crippen LogP contribution in [0.3, 0.4) is 0 Å². The normalized spacial score (nSPS) is 12.4. The van der Waals surface area contributed by atoms with Crippen LogP contribution in [0.25, 0.3) is 0 Å². The zero-order chi connectivity index (χ0) is 18.1. The lowest BCUT2D eigenvalue weighted by molar-refractivity contribution is 0.223. The summed E-state index contributed by atoms with van der Waals surface area (Å²) >= 11 is 0. The van der Waals surface area contributed by atoms with Crippen LogP contribution in [0.15, 0.2) is 47.6 Å². The van der Waals surface area contributed by atoms with E-state index in [1.54, 1.807) is 32.5 Å². The van der Waals surface area contributed by atoms with E-state index in [1.807, 2.05) is 19.1 Å². The van der Waals surface area contributed by atoms with Gasteiger partial charge in [-0.25, -0.2) is 9.37 Å². The van der Waals surface area contributed by atoms with E-state index < -0.39 is 0 Å². The minimum atomic E-state index is -0.284. The van der Waals surface area contributed by atoms with E-state index in [4.69, 9.17) is 9.47 Å². The standard InChI is InChI=1S/C18H23FN4O2/c1-13(25-16-8-6-15(19)7-9-16)11-22-18(20-2)23-12-14-5-4-10-21-17(14)24-3/h4-10,13H,11-12H2,1-3H3,(H2,20,22,23). The summed E-state index contributed by atoms with van der Waals surface area (Å²) in [6.07, 6.45) is 1.57. The molecule has 2 rings (SSSR count). The van der Waals surface area contributed by atoms with Gasteiger partial charge in [0.25, 0.3) is 0 Å². The maximum absolute atomic E-state index is 12.9. The van der Waals surface area contributed by atoms with E-state index in [0.717, 1.165) is 5.56 Å². The van der Waals surface area contributed by atoms with Crippen LogP contribution in [-0.4, -0.2) is 37.7 Å². The molecule has 0 aliphatic rings. The fourth-order valence-corrected chi connectivity index (χ4v) is 2.17. The van der Waals surface area contributed by atoms with Gasteiger partial charge in [-0.3, -0.25) is 4.99 Å². The molecule has 2 aromatic rings.